The molecule has 0 bridgehead atoms. The molecule has 0 unspecified atom stereocenters. The number of hydrogen-bond donors (Lipinski definition) is 0. The summed E-state index contributed by atoms with van der Waals surface area (Å²) in [5.74, 6) is -0.0253. The third-order valence-electron chi connectivity index (χ3n) is 3.20. The Morgan fingerprint density at radius 1 is 1.23 bits per heavy atom. The molecule has 26 heavy (non-hydrogen) atoms. The van der Waals surface area contributed by atoms with E-state index in [-0.39, 0.29) is 23.6 Å². The largest absolute Gasteiger partial charge is 0.491 e. The van der Waals surface area contributed by atoms with Crippen LogP contribution >= 0.6 is 23.2 Å². The molecule has 0 radical (unpaired) electrons. The molecule has 2 rings (SSSR count). The number of carbonyl (C=O) groups excluding carboxylic acids is 1. The second-order valence-electron chi connectivity index (χ2n) is 4.77. The number of allylic oxidation sites excluding steroid dienone is 1. The molecule has 7 nitrogen and oxygen atoms in total. The molecular formula is C17H13Cl2N3O4. The van der Waals surface area contributed by atoms with Crippen LogP contribution in [0.15, 0.2) is 24.7 Å². The number of nitrogens with zero attached hydrogens (tertiary/aromatic N) is 3. The molecule has 2 aromatic rings. The number of carbonyl (C=O) groups is 1. The highest BCUT2D eigenvalue weighted by molar-refractivity contribution is 6.37. The van der Waals surface area contributed by atoms with Gasteiger partial charge >= 0.3 is 5.97 Å². The van der Waals surface area contributed by atoms with Gasteiger partial charge in [0.15, 0.2) is 18.1 Å². The van der Waals surface area contributed by atoms with E-state index in [1.165, 1.54) is 45.0 Å². The molecule has 9 heteroatoms. The minimum atomic E-state index is -0.559. The summed E-state index contributed by atoms with van der Waals surface area (Å²) in [4.78, 5) is 19.3. The van der Waals surface area contributed by atoms with Gasteiger partial charge in [0.05, 0.1) is 41.7 Å². The van der Waals surface area contributed by atoms with E-state index in [0.717, 1.165) is 0 Å². The van der Waals surface area contributed by atoms with E-state index < -0.39 is 5.97 Å². The average molecular weight is 394 g/mol. The van der Waals surface area contributed by atoms with Crippen LogP contribution < -0.4 is 9.47 Å². The first-order chi connectivity index (χ1) is 12.5. The van der Waals surface area contributed by atoms with Crippen LogP contribution in [0, 0.1) is 11.3 Å². The lowest BCUT2D eigenvalue weighted by molar-refractivity contribution is -0.142. The Morgan fingerprint density at radius 3 is 2.50 bits per heavy atom. The number of aromatic nitrogens is 2. The molecule has 0 aromatic carbocycles. The Bertz CT molecular complexity index is 874. The maximum Gasteiger partial charge on any atom is 0.343 e. The number of hydrogen-bond acceptors (Lipinski definition) is 7. The van der Waals surface area contributed by atoms with Crippen molar-refractivity contribution in [2.45, 2.75) is 0 Å². The van der Waals surface area contributed by atoms with E-state index in [1.54, 1.807) is 0 Å². The normalized spacial score (nSPS) is 10.8. The minimum absolute atomic E-state index is 0.186. The van der Waals surface area contributed by atoms with E-state index in [2.05, 4.69) is 14.7 Å². The first-order valence-corrected chi connectivity index (χ1v) is 7.90. The third-order valence-corrected chi connectivity index (χ3v) is 3.80. The summed E-state index contributed by atoms with van der Waals surface area (Å²) in [5.41, 5.74) is 0.914. The van der Waals surface area contributed by atoms with Gasteiger partial charge in [-0.1, -0.05) is 23.2 Å². The fourth-order valence-corrected chi connectivity index (χ4v) is 2.37. The van der Waals surface area contributed by atoms with Gasteiger partial charge in [0, 0.05) is 24.0 Å². The van der Waals surface area contributed by atoms with Crippen LogP contribution in [-0.2, 0) is 9.53 Å². The van der Waals surface area contributed by atoms with Crippen molar-refractivity contribution < 1.29 is 19.0 Å². The molecule has 0 atom stereocenters. The Kier molecular flexibility index (Phi) is 6.78. The summed E-state index contributed by atoms with van der Waals surface area (Å²) in [6.45, 7) is -0.316. The van der Waals surface area contributed by atoms with Gasteiger partial charge in [-0.25, -0.2) is 4.79 Å². The van der Waals surface area contributed by atoms with Gasteiger partial charge in [-0.15, -0.1) is 0 Å². The highest BCUT2D eigenvalue weighted by atomic mass is 35.5. The number of pyridine rings is 2. The standard InChI is InChI=1S/C17H13Cl2N3O4/c1-24-16-8-22-14(4-15(16)26-9-17(23)25-2)10(5-20)3-11-12(18)6-21-7-13(11)19/h3-4,6-8H,9H2,1-2H3/b10-3+. The van der Waals surface area contributed by atoms with Crippen molar-refractivity contribution in [3.05, 3.63) is 46.0 Å². The third kappa shape index (κ3) is 4.63. The van der Waals surface area contributed by atoms with E-state index in [4.69, 9.17) is 32.7 Å². The van der Waals surface area contributed by atoms with Crippen LogP contribution in [0.4, 0.5) is 0 Å². The van der Waals surface area contributed by atoms with Crippen molar-refractivity contribution in [2.24, 2.45) is 0 Å². The summed E-state index contributed by atoms with van der Waals surface area (Å²) in [7, 11) is 2.68. The SMILES string of the molecule is COC(=O)COc1cc(/C(C#N)=C/c2c(Cl)cncc2Cl)ncc1OC. The maximum atomic E-state index is 11.3. The van der Waals surface area contributed by atoms with Crippen molar-refractivity contribution in [1.29, 1.82) is 5.26 Å². The Balaban J connectivity index is 2.43. The zero-order valence-corrected chi connectivity index (χ0v) is 15.3. The predicted molar refractivity (Wildman–Crippen MR) is 96.0 cm³/mol. The molecule has 0 aliphatic carbocycles. The average Bonchev–Trinajstić information content (AvgIpc) is 2.65. The lowest BCUT2D eigenvalue weighted by atomic mass is 10.1. The van der Waals surface area contributed by atoms with Crippen LogP contribution in [0.3, 0.4) is 0 Å². The van der Waals surface area contributed by atoms with Crippen LogP contribution in [0.2, 0.25) is 10.0 Å². The molecule has 0 saturated carbocycles. The smallest absolute Gasteiger partial charge is 0.343 e. The summed E-state index contributed by atoms with van der Waals surface area (Å²) in [5, 5.41) is 10.1. The van der Waals surface area contributed by atoms with Crippen molar-refractivity contribution in [3.63, 3.8) is 0 Å². The van der Waals surface area contributed by atoms with E-state index in [1.807, 2.05) is 6.07 Å². The van der Waals surface area contributed by atoms with Crippen molar-refractivity contribution in [1.82, 2.24) is 9.97 Å². The number of ether oxygens (including phenoxy) is 3. The lowest BCUT2D eigenvalue weighted by Crippen LogP contribution is -2.13. The van der Waals surface area contributed by atoms with E-state index in [9.17, 15) is 10.1 Å². The number of halogens is 2. The first kappa shape index (κ1) is 19.5. The molecular weight excluding hydrogens is 381 g/mol. The molecule has 134 valence electrons. The highest BCUT2D eigenvalue weighted by Crippen LogP contribution is 2.31. The number of nitriles is 1. The van der Waals surface area contributed by atoms with Gasteiger partial charge in [0.25, 0.3) is 0 Å². The van der Waals surface area contributed by atoms with Gasteiger partial charge in [-0.3, -0.25) is 9.97 Å². The summed E-state index contributed by atoms with van der Waals surface area (Å²) in [6.07, 6.45) is 5.70. The van der Waals surface area contributed by atoms with Gasteiger partial charge in [-0.05, 0) is 6.08 Å². The second-order valence-corrected chi connectivity index (χ2v) is 5.59. The monoisotopic (exact) mass is 393 g/mol. The Hall–Kier alpha value is -2.82. The van der Waals surface area contributed by atoms with Crippen LogP contribution in [-0.4, -0.2) is 36.8 Å². The molecule has 0 saturated heterocycles. The topological polar surface area (TPSA) is 94.3 Å². The maximum absolute atomic E-state index is 11.3. The molecule has 0 aliphatic rings. The number of esters is 1. The Morgan fingerprint density at radius 2 is 1.92 bits per heavy atom. The molecule has 0 aliphatic heterocycles. The summed E-state index contributed by atoms with van der Waals surface area (Å²) >= 11 is 12.2. The molecule has 2 heterocycles. The molecule has 0 amide bonds. The zero-order chi connectivity index (χ0) is 19.1. The van der Waals surface area contributed by atoms with Crippen LogP contribution in [0.1, 0.15) is 11.3 Å². The number of methoxy groups -OCH3 is 2. The molecule has 0 fully saturated rings. The van der Waals surface area contributed by atoms with Gasteiger partial charge in [0.2, 0.25) is 0 Å². The predicted octanol–water partition coefficient (Wildman–Crippen LogP) is 3.41. The summed E-state index contributed by atoms with van der Waals surface area (Å²) in [6, 6.07) is 3.51. The molecule has 2 aromatic heterocycles. The second kappa shape index (κ2) is 9.04. The van der Waals surface area contributed by atoms with Crippen molar-refractivity contribution in [3.8, 4) is 17.6 Å². The van der Waals surface area contributed by atoms with Crippen LogP contribution in [0.5, 0.6) is 11.5 Å². The highest BCUT2D eigenvalue weighted by Gasteiger charge is 2.14. The van der Waals surface area contributed by atoms with E-state index in [0.29, 0.717) is 21.4 Å². The van der Waals surface area contributed by atoms with Gasteiger partial charge in [0.1, 0.15) is 6.07 Å². The first-order valence-electron chi connectivity index (χ1n) is 7.15. The van der Waals surface area contributed by atoms with E-state index >= 15 is 0 Å². The van der Waals surface area contributed by atoms with Crippen LogP contribution in [0.25, 0.3) is 11.6 Å². The fraction of sp³-hybridized carbons (Fsp3) is 0.176. The van der Waals surface area contributed by atoms with Gasteiger partial charge in [-0.2, -0.15) is 5.26 Å². The van der Waals surface area contributed by atoms with Gasteiger partial charge < -0.3 is 14.2 Å². The fourth-order valence-electron chi connectivity index (χ4n) is 1.90. The zero-order valence-electron chi connectivity index (χ0n) is 13.8. The minimum Gasteiger partial charge on any atom is -0.491 e. The number of rotatable bonds is 6. The lowest BCUT2D eigenvalue weighted by Gasteiger charge is -2.11. The Labute approximate surface area is 159 Å². The molecule has 0 N–H and O–H groups in total. The molecule has 0 spiro atoms. The van der Waals surface area contributed by atoms with Crippen molar-refractivity contribution in [2.75, 3.05) is 20.8 Å². The van der Waals surface area contributed by atoms with Crippen molar-refractivity contribution >= 4 is 40.8 Å². The quantitative estimate of drug-likeness (QED) is 0.547. The summed E-state index contributed by atoms with van der Waals surface area (Å²) < 4.78 is 15.0.